The molecule has 0 aliphatic heterocycles. The third-order valence-electron chi connectivity index (χ3n) is 16.7. The van der Waals surface area contributed by atoms with Gasteiger partial charge in [-0.3, -0.25) is 0 Å². The normalized spacial score (nSPS) is 17.0. The van der Waals surface area contributed by atoms with Gasteiger partial charge in [-0.05, 0) is 171 Å². The molecule has 0 fully saturated rings. The Balaban J connectivity index is 0.782. The lowest BCUT2D eigenvalue weighted by molar-refractivity contribution is 0.659. The maximum atomic E-state index is 2.48. The molecular weight excluding hydrogens is 829 g/mol. The van der Waals surface area contributed by atoms with Crippen molar-refractivity contribution in [1.82, 2.24) is 0 Å². The van der Waals surface area contributed by atoms with E-state index in [9.17, 15) is 0 Å². The van der Waals surface area contributed by atoms with E-state index in [1.165, 1.54) is 128 Å². The molecule has 9 aromatic rings. The molecule has 0 aromatic heterocycles. The summed E-state index contributed by atoms with van der Waals surface area (Å²) in [6, 6.07) is 73.9. The Bertz CT molecular complexity index is 3640. The largest absolute Gasteiger partial charge is 0.0836 e. The number of rotatable bonds is 6. The third-order valence-corrected chi connectivity index (χ3v) is 16.7. The molecule has 0 heterocycles. The second-order valence-electron chi connectivity index (χ2n) is 21.6. The second-order valence-corrected chi connectivity index (χ2v) is 21.6. The van der Waals surface area contributed by atoms with E-state index in [4.69, 9.17) is 0 Å². The zero-order valence-electron chi connectivity index (χ0n) is 40.5. The monoisotopic (exact) mass is 884 g/mol. The van der Waals surface area contributed by atoms with Crippen molar-refractivity contribution in [3.8, 4) is 77.9 Å². The van der Waals surface area contributed by atoms with Crippen molar-refractivity contribution in [2.45, 2.75) is 70.1 Å². The minimum absolute atomic E-state index is 0.0994. The van der Waals surface area contributed by atoms with Gasteiger partial charge >= 0.3 is 0 Å². The lowest BCUT2D eigenvalue weighted by Gasteiger charge is -2.24. The van der Waals surface area contributed by atoms with E-state index in [1.807, 2.05) is 0 Å². The quantitative estimate of drug-likeness (QED) is 0.156. The van der Waals surface area contributed by atoms with Crippen molar-refractivity contribution in [2.75, 3.05) is 0 Å². The molecule has 0 saturated heterocycles. The van der Waals surface area contributed by atoms with Gasteiger partial charge in [-0.2, -0.15) is 0 Å². The second kappa shape index (κ2) is 15.2. The van der Waals surface area contributed by atoms with Crippen LogP contribution in [0.2, 0.25) is 0 Å². The Hall–Kier alpha value is -7.54. The van der Waals surface area contributed by atoms with Crippen LogP contribution in [0.3, 0.4) is 0 Å². The van der Waals surface area contributed by atoms with Crippen LogP contribution in [0.15, 0.2) is 212 Å². The first-order valence-electron chi connectivity index (χ1n) is 24.9. The maximum absolute atomic E-state index is 2.48. The first-order valence-corrected chi connectivity index (χ1v) is 24.9. The van der Waals surface area contributed by atoms with E-state index in [1.54, 1.807) is 0 Å². The molecule has 0 spiro atoms. The summed E-state index contributed by atoms with van der Waals surface area (Å²) in [5.74, 6) is 0.333. The summed E-state index contributed by atoms with van der Waals surface area (Å²) >= 11 is 0. The molecule has 332 valence electrons. The van der Waals surface area contributed by atoms with Gasteiger partial charge in [0.05, 0.1) is 0 Å². The summed E-state index contributed by atoms with van der Waals surface area (Å²) in [4.78, 5) is 0. The summed E-state index contributed by atoms with van der Waals surface area (Å²) in [6.07, 6.45) is 7.83. The van der Waals surface area contributed by atoms with Gasteiger partial charge in [0.1, 0.15) is 0 Å². The van der Waals surface area contributed by atoms with Gasteiger partial charge < -0.3 is 0 Å². The Morgan fingerprint density at radius 2 is 0.623 bits per heavy atom. The Kier molecular flexibility index (Phi) is 9.19. The van der Waals surface area contributed by atoms with Crippen LogP contribution >= 0.6 is 0 Å². The summed E-state index contributed by atoms with van der Waals surface area (Å²) in [6.45, 7) is 14.4. The number of hydrogen-bond acceptors (Lipinski definition) is 0. The summed E-state index contributed by atoms with van der Waals surface area (Å²) in [5, 5.41) is 0. The van der Waals surface area contributed by atoms with Crippen molar-refractivity contribution in [3.05, 3.63) is 257 Å². The lowest BCUT2D eigenvalue weighted by atomic mass is 9.79. The third kappa shape index (κ3) is 6.42. The molecule has 0 amide bonds. The minimum Gasteiger partial charge on any atom is -0.0836 e. The van der Waals surface area contributed by atoms with Crippen LogP contribution in [0.25, 0.3) is 83.5 Å². The van der Waals surface area contributed by atoms with Gasteiger partial charge in [-0.25, -0.2) is 0 Å². The molecule has 0 N–H and O–H groups in total. The fourth-order valence-electron chi connectivity index (χ4n) is 12.7. The number of hydrogen-bond donors (Lipinski definition) is 0. The van der Waals surface area contributed by atoms with Gasteiger partial charge in [0.2, 0.25) is 0 Å². The summed E-state index contributed by atoms with van der Waals surface area (Å²) in [5.41, 5.74) is 30.4. The molecule has 0 bridgehead atoms. The SMILES string of the molecule is CC1(C)c2cc(-c3ccccc3)ccc2-c2ccc(-c3ccc4c(c3)C(C)(C)c3cc(-c5ccc6c(c5)C(C)(C)c5cc(-c7cccc(C8CC=CC=C8c8ccccc8)c7)ccc5-6)ccc3-4)cc21. The number of allylic oxidation sites excluding steroid dienone is 4. The molecule has 0 nitrogen and oxygen atoms in total. The van der Waals surface area contributed by atoms with E-state index in [0.29, 0.717) is 5.92 Å². The van der Waals surface area contributed by atoms with Crippen LogP contribution in [0.5, 0.6) is 0 Å². The average molecular weight is 885 g/mol. The summed E-state index contributed by atoms with van der Waals surface area (Å²) in [7, 11) is 0. The van der Waals surface area contributed by atoms with Gasteiger partial charge in [-0.15, -0.1) is 0 Å². The highest BCUT2D eigenvalue weighted by Gasteiger charge is 2.39. The van der Waals surface area contributed by atoms with Crippen LogP contribution in [-0.4, -0.2) is 0 Å². The topological polar surface area (TPSA) is 0 Å². The first-order chi connectivity index (χ1) is 33.4. The van der Waals surface area contributed by atoms with Crippen LogP contribution in [0.4, 0.5) is 0 Å². The molecular formula is C69H56. The van der Waals surface area contributed by atoms with Gasteiger partial charge in [-0.1, -0.05) is 217 Å². The zero-order valence-corrected chi connectivity index (χ0v) is 40.5. The average Bonchev–Trinajstić information content (AvgIpc) is 3.87. The van der Waals surface area contributed by atoms with Crippen molar-refractivity contribution >= 4 is 5.57 Å². The predicted octanol–water partition coefficient (Wildman–Crippen LogP) is 18.4. The summed E-state index contributed by atoms with van der Waals surface area (Å²) < 4.78 is 0. The molecule has 4 aliphatic carbocycles. The molecule has 69 heavy (non-hydrogen) atoms. The van der Waals surface area contributed by atoms with E-state index in [-0.39, 0.29) is 16.2 Å². The number of benzene rings is 9. The molecule has 9 aromatic carbocycles. The van der Waals surface area contributed by atoms with Crippen LogP contribution in [0.1, 0.15) is 98.4 Å². The van der Waals surface area contributed by atoms with Crippen molar-refractivity contribution in [2.24, 2.45) is 0 Å². The molecule has 1 atom stereocenters. The molecule has 13 rings (SSSR count). The smallest absolute Gasteiger partial charge is 0.0159 e. The van der Waals surface area contributed by atoms with E-state index in [2.05, 4.69) is 254 Å². The Labute approximate surface area is 408 Å². The fraction of sp³-hybridized carbons (Fsp3) is 0.159. The lowest BCUT2D eigenvalue weighted by Crippen LogP contribution is -2.16. The van der Waals surface area contributed by atoms with Gasteiger partial charge in [0.15, 0.2) is 0 Å². The highest BCUT2D eigenvalue weighted by molar-refractivity contribution is 5.90. The van der Waals surface area contributed by atoms with Crippen LogP contribution in [0, 0.1) is 0 Å². The van der Waals surface area contributed by atoms with Crippen LogP contribution in [-0.2, 0) is 16.2 Å². The van der Waals surface area contributed by atoms with Crippen LogP contribution < -0.4 is 0 Å². The van der Waals surface area contributed by atoms with Crippen molar-refractivity contribution < 1.29 is 0 Å². The molecule has 0 radical (unpaired) electrons. The zero-order chi connectivity index (χ0) is 46.8. The Morgan fingerprint density at radius 3 is 1.00 bits per heavy atom. The fourth-order valence-corrected chi connectivity index (χ4v) is 12.7. The molecule has 0 heteroatoms. The maximum Gasteiger partial charge on any atom is 0.0159 e. The van der Waals surface area contributed by atoms with E-state index in [0.717, 1.165) is 6.42 Å². The first kappa shape index (κ1) is 41.6. The molecule has 1 unspecified atom stereocenters. The molecule has 0 saturated carbocycles. The number of fused-ring (bicyclic) bond motifs is 9. The van der Waals surface area contributed by atoms with E-state index < -0.39 is 0 Å². The van der Waals surface area contributed by atoms with Crippen molar-refractivity contribution in [1.29, 1.82) is 0 Å². The highest BCUT2D eigenvalue weighted by atomic mass is 14.4. The predicted molar refractivity (Wildman–Crippen MR) is 292 cm³/mol. The highest BCUT2D eigenvalue weighted by Crippen LogP contribution is 2.55. The van der Waals surface area contributed by atoms with E-state index >= 15 is 0 Å². The van der Waals surface area contributed by atoms with Gasteiger partial charge in [0.25, 0.3) is 0 Å². The standard InChI is InChI=1S/C69H56/c1-67(2)61-37-46(43-16-9-7-10-17-43)24-30-55(61)57-32-26-48(39-63(57)67)50-28-34-59-60-35-29-51(42-66(60)69(5,6)65(59)41-50)49-27-33-58-56-31-25-47(38-62(56)68(3,4)64(58)40-49)45-20-15-21-52(36-45)54-23-14-13-22-53(54)44-18-11-8-12-19-44/h7-22,24-42,54H,23H2,1-6H3. The van der Waals surface area contributed by atoms with Gasteiger partial charge in [0, 0.05) is 22.2 Å². The molecule has 4 aliphatic rings. The van der Waals surface area contributed by atoms with Crippen molar-refractivity contribution in [3.63, 3.8) is 0 Å². The Morgan fingerprint density at radius 1 is 0.304 bits per heavy atom. The minimum atomic E-state index is -0.149.